The van der Waals surface area contributed by atoms with Crippen LogP contribution >= 0.6 is 0 Å². The van der Waals surface area contributed by atoms with E-state index >= 15 is 0 Å². The van der Waals surface area contributed by atoms with Crippen LogP contribution in [0.4, 0.5) is 19.0 Å². The number of nitrogens with one attached hydrogen (secondary N) is 1. The summed E-state index contributed by atoms with van der Waals surface area (Å²) >= 11 is 0. The Morgan fingerprint density at radius 3 is 2.58 bits per heavy atom. The number of nitrogens with two attached hydrogens (primary N) is 1. The number of hydrogen-bond acceptors (Lipinski definition) is 5. The van der Waals surface area contributed by atoms with Crippen LogP contribution in [0.2, 0.25) is 0 Å². The van der Waals surface area contributed by atoms with Gasteiger partial charge in [0.1, 0.15) is 23.6 Å². The first-order valence-corrected chi connectivity index (χ1v) is 9.76. The zero-order valence-corrected chi connectivity index (χ0v) is 16.5. The molecule has 2 heterocycles. The lowest BCUT2D eigenvalue weighted by Crippen LogP contribution is -2.49. The van der Waals surface area contributed by atoms with E-state index in [1.807, 2.05) is 0 Å². The van der Waals surface area contributed by atoms with Crippen molar-refractivity contribution in [3.63, 3.8) is 0 Å². The Kier molecular flexibility index (Phi) is 5.58. The normalized spacial score (nSPS) is 20.2. The number of primary amides is 1. The number of pyridine rings is 1. The van der Waals surface area contributed by atoms with Crippen LogP contribution in [0.5, 0.6) is 0 Å². The molecule has 1 aromatic carbocycles. The average Bonchev–Trinajstić information content (AvgIpc) is 2.72. The molecule has 1 aliphatic rings. The molecule has 2 aromatic heterocycles. The van der Waals surface area contributed by atoms with Gasteiger partial charge in [0.25, 0.3) is 0 Å². The van der Waals surface area contributed by atoms with Crippen molar-refractivity contribution < 1.29 is 18.0 Å². The summed E-state index contributed by atoms with van der Waals surface area (Å²) in [5.41, 5.74) is 5.71. The molecular weight excluding hydrogens is 407 g/mol. The minimum absolute atomic E-state index is 0.0118. The highest BCUT2D eigenvalue weighted by molar-refractivity contribution is 5.77. The molecule has 0 spiro atoms. The number of rotatable bonds is 7. The fourth-order valence-electron chi connectivity index (χ4n) is 3.90. The third-order valence-corrected chi connectivity index (χ3v) is 5.44. The molecule has 3 aromatic rings. The lowest BCUT2D eigenvalue weighted by Gasteiger charge is -2.44. The van der Waals surface area contributed by atoms with Crippen LogP contribution < -0.4 is 11.1 Å². The van der Waals surface area contributed by atoms with Gasteiger partial charge in [-0.25, -0.2) is 13.2 Å². The highest BCUT2D eigenvalue weighted by atomic mass is 19.1. The first-order valence-electron chi connectivity index (χ1n) is 9.76. The monoisotopic (exact) mass is 427 g/mol. The van der Waals surface area contributed by atoms with Crippen molar-refractivity contribution in [3.8, 4) is 11.3 Å². The molecule has 0 unspecified atom stereocenters. The second-order valence-corrected chi connectivity index (χ2v) is 7.73. The van der Waals surface area contributed by atoms with Crippen LogP contribution in [-0.2, 0) is 16.6 Å². The van der Waals surface area contributed by atoms with E-state index in [0.29, 0.717) is 11.4 Å². The quantitative estimate of drug-likeness (QED) is 0.603. The van der Waals surface area contributed by atoms with E-state index in [1.54, 1.807) is 12.1 Å². The maximum atomic E-state index is 14.2. The van der Waals surface area contributed by atoms with Crippen molar-refractivity contribution in [1.82, 2.24) is 15.2 Å². The van der Waals surface area contributed by atoms with E-state index in [2.05, 4.69) is 20.5 Å². The molecule has 0 radical (unpaired) electrons. The average molecular weight is 427 g/mol. The van der Waals surface area contributed by atoms with Gasteiger partial charge in [0, 0.05) is 23.7 Å². The fourth-order valence-corrected chi connectivity index (χ4v) is 3.90. The number of nitrogens with zero attached hydrogens (tertiary/aromatic N) is 3. The predicted molar refractivity (Wildman–Crippen MR) is 109 cm³/mol. The fraction of sp³-hybridized carbons (Fsp3) is 0.273. The van der Waals surface area contributed by atoms with Gasteiger partial charge in [0.15, 0.2) is 0 Å². The number of hydrogen-bond donors (Lipinski definition) is 2. The van der Waals surface area contributed by atoms with Crippen molar-refractivity contribution in [1.29, 1.82) is 0 Å². The first-order chi connectivity index (χ1) is 14.9. The molecule has 1 fully saturated rings. The van der Waals surface area contributed by atoms with Crippen molar-refractivity contribution in [2.45, 2.75) is 30.8 Å². The summed E-state index contributed by atoms with van der Waals surface area (Å²) in [5.74, 6) is -1.11. The third kappa shape index (κ3) is 4.35. The molecule has 1 saturated carbocycles. The Labute approximate surface area is 176 Å². The molecule has 1 aliphatic carbocycles. The van der Waals surface area contributed by atoms with E-state index in [0.717, 1.165) is 0 Å². The molecule has 9 heteroatoms. The van der Waals surface area contributed by atoms with Crippen molar-refractivity contribution in [2.75, 3.05) is 11.9 Å². The Balaban J connectivity index is 1.50. The topological polar surface area (TPSA) is 93.8 Å². The summed E-state index contributed by atoms with van der Waals surface area (Å²) in [5, 5.41) is 11.2. The summed E-state index contributed by atoms with van der Waals surface area (Å²) in [6.45, 7) is 0.234. The van der Waals surface area contributed by atoms with Gasteiger partial charge in [-0.2, -0.15) is 0 Å². The SMILES string of the molecule is NC(=O)Cc1ccc(F)c(-c2ccc(NCC3(c4ncccc4F)CC(F)C3)nn2)c1. The number of alkyl halides is 1. The van der Waals surface area contributed by atoms with Gasteiger partial charge in [-0.1, -0.05) is 6.07 Å². The maximum absolute atomic E-state index is 14.2. The minimum Gasteiger partial charge on any atom is -0.369 e. The Hall–Kier alpha value is -3.49. The van der Waals surface area contributed by atoms with Gasteiger partial charge in [0.05, 0.1) is 17.8 Å². The van der Waals surface area contributed by atoms with E-state index < -0.39 is 29.1 Å². The van der Waals surface area contributed by atoms with Gasteiger partial charge < -0.3 is 11.1 Å². The van der Waals surface area contributed by atoms with Crippen LogP contribution in [0, 0.1) is 11.6 Å². The first kappa shape index (κ1) is 20.8. The standard InChI is InChI=1S/C22H20F3N5O/c23-14-10-22(11-14,21-17(25)2-1-7-27-21)12-28-20-6-5-18(29-30-20)15-8-13(9-19(26)31)3-4-16(15)24/h1-8,14H,9-12H2,(H2,26,31)(H,28,30). The van der Waals surface area contributed by atoms with Crippen LogP contribution in [-0.4, -0.2) is 33.8 Å². The summed E-state index contributed by atoms with van der Waals surface area (Å²) < 4.78 is 42.2. The van der Waals surface area contributed by atoms with Gasteiger partial charge in [-0.3, -0.25) is 9.78 Å². The van der Waals surface area contributed by atoms with Crippen molar-refractivity contribution >= 4 is 11.7 Å². The molecule has 1 amide bonds. The lowest BCUT2D eigenvalue weighted by atomic mass is 9.65. The summed E-state index contributed by atoms with van der Waals surface area (Å²) in [6.07, 6.45) is 0.796. The number of benzene rings is 1. The highest BCUT2D eigenvalue weighted by Crippen LogP contribution is 2.45. The van der Waals surface area contributed by atoms with Crippen LogP contribution in [0.1, 0.15) is 24.1 Å². The molecule has 3 N–H and O–H groups in total. The molecule has 0 saturated heterocycles. The Bertz CT molecular complexity index is 1100. The molecule has 6 nitrogen and oxygen atoms in total. The zero-order valence-electron chi connectivity index (χ0n) is 16.5. The van der Waals surface area contributed by atoms with Crippen LogP contribution in [0.15, 0.2) is 48.7 Å². The van der Waals surface area contributed by atoms with Gasteiger partial charge in [-0.05, 0) is 54.8 Å². The smallest absolute Gasteiger partial charge is 0.221 e. The summed E-state index contributed by atoms with van der Waals surface area (Å²) in [7, 11) is 0. The molecular formula is C22H20F3N5O. The number of carbonyl (C=O) groups excluding carboxylic acids is 1. The summed E-state index contributed by atoms with van der Waals surface area (Å²) in [6, 6.07) is 10.2. The molecule has 0 atom stereocenters. The second-order valence-electron chi connectivity index (χ2n) is 7.73. The number of aromatic nitrogens is 3. The van der Waals surface area contributed by atoms with E-state index in [-0.39, 0.29) is 42.8 Å². The van der Waals surface area contributed by atoms with E-state index in [1.165, 1.54) is 36.5 Å². The van der Waals surface area contributed by atoms with Crippen molar-refractivity contribution in [3.05, 3.63) is 71.6 Å². The third-order valence-electron chi connectivity index (χ3n) is 5.44. The highest BCUT2D eigenvalue weighted by Gasteiger charge is 2.48. The minimum atomic E-state index is -1.01. The molecule has 0 aliphatic heterocycles. The number of amides is 1. The van der Waals surface area contributed by atoms with Crippen LogP contribution in [0.3, 0.4) is 0 Å². The number of halogens is 3. The molecule has 0 bridgehead atoms. The van der Waals surface area contributed by atoms with E-state index in [4.69, 9.17) is 5.73 Å². The van der Waals surface area contributed by atoms with Gasteiger partial charge >= 0.3 is 0 Å². The Morgan fingerprint density at radius 1 is 1.13 bits per heavy atom. The Morgan fingerprint density at radius 2 is 1.94 bits per heavy atom. The maximum Gasteiger partial charge on any atom is 0.221 e. The molecule has 31 heavy (non-hydrogen) atoms. The predicted octanol–water partition coefficient (Wildman–Crippen LogP) is 3.33. The number of anilines is 1. The van der Waals surface area contributed by atoms with Gasteiger partial charge in [0.2, 0.25) is 5.91 Å². The van der Waals surface area contributed by atoms with Crippen LogP contribution in [0.25, 0.3) is 11.3 Å². The molecule has 160 valence electrons. The largest absolute Gasteiger partial charge is 0.369 e. The zero-order chi connectivity index (χ0) is 22.0. The molecule has 4 rings (SSSR count). The van der Waals surface area contributed by atoms with Gasteiger partial charge in [-0.15, -0.1) is 10.2 Å². The lowest BCUT2D eigenvalue weighted by molar-refractivity contribution is -0.117. The summed E-state index contributed by atoms with van der Waals surface area (Å²) in [4.78, 5) is 15.2. The second kappa shape index (κ2) is 8.33. The number of carbonyl (C=O) groups is 1. The van der Waals surface area contributed by atoms with Crippen molar-refractivity contribution in [2.24, 2.45) is 5.73 Å². The van der Waals surface area contributed by atoms with E-state index in [9.17, 15) is 18.0 Å².